The van der Waals surface area contributed by atoms with Crippen molar-refractivity contribution >= 4 is 5.91 Å². The van der Waals surface area contributed by atoms with Crippen LogP contribution < -0.4 is 5.73 Å². The van der Waals surface area contributed by atoms with E-state index in [0.29, 0.717) is 13.0 Å². The van der Waals surface area contributed by atoms with E-state index >= 15 is 0 Å². The minimum atomic E-state index is -4.21. The Bertz CT molecular complexity index is 351. The van der Waals surface area contributed by atoms with Gasteiger partial charge in [0.25, 0.3) is 0 Å². The van der Waals surface area contributed by atoms with Gasteiger partial charge in [0.15, 0.2) is 0 Å². The lowest BCUT2D eigenvalue weighted by Gasteiger charge is -2.42. The molecule has 0 spiro atoms. The van der Waals surface area contributed by atoms with Crippen molar-refractivity contribution in [3.05, 3.63) is 0 Å². The Morgan fingerprint density at radius 2 is 1.85 bits per heavy atom. The maximum Gasteiger partial charge on any atom is 0.393 e. The van der Waals surface area contributed by atoms with Gasteiger partial charge in [0.1, 0.15) is 0 Å². The Labute approximate surface area is 117 Å². The Kier molecular flexibility index (Phi) is 4.62. The Balaban J connectivity index is 2.07. The van der Waals surface area contributed by atoms with Crippen LogP contribution in [0.2, 0.25) is 0 Å². The molecule has 3 nitrogen and oxygen atoms in total. The van der Waals surface area contributed by atoms with Crippen molar-refractivity contribution in [3.63, 3.8) is 0 Å². The van der Waals surface area contributed by atoms with Gasteiger partial charge >= 0.3 is 6.18 Å². The van der Waals surface area contributed by atoms with Crippen molar-refractivity contribution in [1.82, 2.24) is 4.90 Å². The maximum atomic E-state index is 12.8. The van der Waals surface area contributed by atoms with Crippen LogP contribution in [0.5, 0.6) is 0 Å². The first-order valence-electron chi connectivity index (χ1n) is 7.45. The highest BCUT2D eigenvalue weighted by molar-refractivity contribution is 5.83. The van der Waals surface area contributed by atoms with Crippen LogP contribution in [0.4, 0.5) is 13.2 Å². The number of piperidine rings is 1. The van der Waals surface area contributed by atoms with E-state index in [9.17, 15) is 18.0 Å². The highest BCUT2D eigenvalue weighted by Crippen LogP contribution is 2.39. The quantitative estimate of drug-likeness (QED) is 0.850. The molecular formula is C14H23F3N2O. The molecule has 2 fully saturated rings. The molecule has 1 aliphatic heterocycles. The maximum absolute atomic E-state index is 12.8. The van der Waals surface area contributed by atoms with Crippen LogP contribution in [0.15, 0.2) is 0 Å². The number of rotatable bonds is 2. The first kappa shape index (κ1) is 15.6. The van der Waals surface area contributed by atoms with Crippen molar-refractivity contribution < 1.29 is 18.0 Å². The van der Waals surface area contributed by atoms with Crippen LogP contribution in [-0.4, -0.2) is 36.6 Å². The average molecular weight is 292 g/mol. The minimum Gasteiger partial charge on any atom is -0.342 e. The van der Waals surface area contributed by atoms with Crippen LogP contribution in [0.25, 0.3) is 0 Å². The van der Waals surface area contributed by atoms with E-state index in [-0.39, 0.29) is 25.4 Å². The average Bonchev–Trinajstić information content (AvgIpc) is 2.46. The van der Waals surface area contributed by atoms with Gasteiger partial charge in [-0.25, -0.2) is 0 Å². The third-order valence-corrected chi connectivity index (χ3v) is 4.83. The van der Waals surface area contributed by atoms with Crippen molar-refractivity contribution in [2.24, 2.45) is 17.1 Å². The number of carbonyl (C=O) groups excluding carboxylic acids is 1. The number of halogens is 3. The molecular weight excluding hydrogens is 269 g/mol. The van der Waals surface area contributed by atoms with Gasteiger partial charge in [0.05, 0.1) is 11.3 Å². The molecule has 2 N–H and O–H groups in total. The number of alkyl halides is 3. The van der Waals surface area contributed by atoms with Gasteiger partial charge in [0, 0.05) is 19.6 Å². The normalized spacial score (nSPS) is 27.4. The van der Waals surface area contributed by atoms with Crippen LogP contribution >= 0.6 is 0 Å². The van der Waals surface area contributed by atoms with Crippen molar-refractivity contribution in [2.75, 3.05) is 19.6 Å². The first-order chi connectivity index (χ1) is 9.39. The van der Waals surface area contributed by atoms with E-state index in [1.54, 1.807) is 0 Å². The topological polar surface area (TPSA) is 46.3 Å². The summed E-state index contributed by atoms with van der Waals surface area (Å²) in [6, 6.07) is 0. The SMILES string of the molecule is NCC1(C(=O)N2CCCC(C(F)(F)F)C2)CCCCC1. The van der Waals surface area contributed by atoms with E-state index in [2.05, 4.69) is 0 Å². The fourth-order valence-electron chi connectivity index (χ4n) is 3.50. The fourth-order valence-corrected chi connectivity index (χ4v) is 3.50. The molecule has 1 aliphatic carbocycles. The summed E-state index contributed by atoms with van der Waals surface area (Å²) in [7, 11) is 0. The molecule has 2 rings (SSSR count). The standard InChI is InChI=1S/C14H23F3N2O/c15-14(16,17)11-5-4-8-19(9-11)12(20)13(10-18)6-2-1-3-7-13/h11H,1-10,18H2. The summed E-state index contributed by atoms with van der Waals surface area (Å²) < 4.78 is 38.5. The van der Waals surface area contributed by atoms with Gasteiger partial charge in [-0.1, -0.05) is 19.3 Å². The Morgan fingerprint density at radius 1 is 1.20 bits per heavy atom. The summed E-state index contributed by atoms with van der Waals surface area (Å²) in [5, 5.41) is 0. The number of hydrogen-bond donors (Lipinski definition) is 1. The molecule has 6 heteroatoms. The largest absolute Gasteiger partial charge is 0.393 e. The summed E-state index contributed by atoms with van der Waals surface area (Å²) in [4.78, 5) is 14.1. The lowest BCUT2D eigenvalue weighted by atomic mass is 9.72. The summed E-state index contributed by atoms with van der Waals surface area (Å²) in [6.45, 7) is 0.496. The predicted molar refractivity (Wildman–Crippen MR) is 69.9 cm³/mol. The third kappa shape index (κ3) is 3.10. The van der Waals surface area contributed by atoms with Crippen molar-refractivity contribution in [1.29, 1.82) is 0 Å². The number of nitrogens with zero attached hydrogens (tertiary/aromatic N) is 1. The van der Waals surface area contributed by atoms with Gasteiger partial charge in [-0.15, -0.1) is 0 Å². The summed E-state index contributed by atoms with van der Waals surface area (Å²) >= 11 is 0. The van der Waals surface area contributed by atoms with Gasteiger partial charge < -0.3 is 10.6 Å². The smallest absolute Gasteiger partial charge is 0.342 e. The van der Waals surface area contributed by atoms with E-state index in [0.717, 1.165) is 32.1 Å². The molecule has 1 saturated heterocycles. The van der Waals surface area contributed by atoms with Crippen LogP contribution in [0, 0.1) is 11.3 Å². The van der Waals surface area contributed by atoms with Crippen LogP contribution in [-0.2, 0) is 4.79 Å². The summed E-state index contributed by atoms with van der Waals surface area (Å²) in [5.74, 6) is -1.52. The third-order valence-electron chi connectivity index (χ3n) is 4.83. The Hall–Kier alpha value is -0.780. The first-order valence-corrected chi connectivity index (χ1v) is 7.45. The molecule has 0 aromatic rings. The molecule has 2 aliphatic rings. The van der Waals surface area contributed by atoms with E-state index in [4.69, 9.17) is 5.73 Å². The van der Waals surface area contributed by atoms with Crippen LogP contribution in [0.3, 0.4) is 0 Å². The monoisotopic (exact) mass is 292 g/mol. The van der Waals surface area contributed by atoms with Crippen LogP contribution in [0.1, 0.15) is 44.9 Å². The number of likely N-dealkylation sites (tertiary alicyclic amines) is 1. The molecule has 0 radical (unpaired) electrons. The lowest BCUT2D eigenvalue weighted by Crippen LogP contribution is -2.53. The number of carbonyl (C=O) groups is 1. The lowest BCUT2D eigenvalue weighted by molar-refractivity contribution is -0.190. The zero-order valence-corrected chi connectivity index (χ0v) is 11.7. The molecule has 1 amide bonds. The number of hydrogen-bond acceptors (Lipinski definition) is 2. The highest BCUT2D eigenvalue weighted by atomic mass is 19.4. The Morgan fingerprint density at radius 3 is 2.40 bits per heavy atom. The zero-order chi connectivity index (χ0) is 14.8. The summed E-state index contributed by atoms with van der Waals surface area (Å²) in [5.41, 5.74) is 5.19. The van der Waals surface area contributed by atoms with Crippen molar-refractivity contribution in [2.45, 2.75) is 51.1 Å². The summed E-state index contributed by atoms with van der Waals surface area (Å²) in [6.07, 6.45) is 0.755. The molecule has 1 unspecified atom stereocenters. The van der Waals surface area contributed by atoms with E-state index in [1.807, 2.05) is 0 Å². The molecule has 116 valence electrons. The second-order valence-corrected chi connectivity index (χ2v) is 6.18. The molecule has 1 heterocycles. The molecule has 1 atom stereocenters. The minimum absolute atomic E-state index is 0.128. The van der Waals surface area contributed by atoms with Gasteiger partial charge in [-0.2, -0.15) is 13.2 Å². The molecule has 0 aromatic carbocycles. The van der Waals surface area contributed by atoms with E-state index in [1.165, 1.54) is 4.90 Å². The molecule has 20 heavy (non-hydrogen) atoms. The second-order valence-electron chi connectivity index (χ2n) is 6.18. The van der Waals surface area contributed by atoms with E-state index < -0.39 is 17.5 Å². The van der Waals surface area contributed by atoms with Gasteiger partial charge in [-0.05, 0) is 25.7 Å². The van der Waals surface area contributed by atoms with Crippen molar-refractivity contribution in [3.8, 4) is 0 Å². The molecule has 0 bridgehead atoms. The number of nitrogens with two attached hydrogens (primary N) is 1. The zero-order valence-electron chi connectivity index (χ0n) is 11.7. The molecule has 0 aromatic heterocycles. The number of amides is 1. The van der Waals surface area contributed by atoms with Gasteiger partial charge in [-0.3, -0.25) is 4.79 Å². The van der Waals surface area contributed by atoms with Gasteiger partial charge in [0.2, 0.25) is 5.91 Å². The predicted octanol–water partition coefficient (Wildman–Crippen LogP) is 2.70. The molecule has 1 saturated carbocycles. The fraction of sp³-hybridized carbons (Fsp3) is 0.929. The second kappa shape index (κ2) is 5.92. The highest BCUT2D eigenvalue weighted by Gasteiger charge is 2.46.